The Kier molecular flexibility index (Phi) is 8.82. The van der Waals surface area contributed by atoms with Gasteiger partial charge in [-0.2, -0.15) is 0 Å². The zero-order valence-electron chi connectivity index (χ0n) is 13.7. The number of nitrogens with one attached hydrogen (secondary N) is 2. The number of ether oxygens (including phenoxy) is 1. The summed E-state index contributed by atoms with van der Waals surface area (Å²) < 4.78 is 5.32. The third-order valence-electron chi connectivity index (χ3n) is 3.70. The van der Waals surface area contributed by atoms with Crippen molar-refractivity contribution in [1.82, 2.24) is 15.5 Å². The Labute approximate surface area is 128 Å². The molecule has 6 heteroatoms. The van der Waals surface area contributed by atoms with Crippen LogP contribution in [-0.4, -0.2) is 63.2 Å². The van der Waals surface area contributed by atoms with E-state index in [4.69, 9.17) is 4.74 Å². The van der Waals surface area contributed by atoms with Crippen LogP contribution in [0, 0.1) is 5.92 Å². The van der Waals surface area contributed by atoms with E-state index in [9.17, 15) is 4.79 Å². The monoisotopic (exact) mass is 298 g/mol. The highest BCUT2D eigenvalue weighted by Gasteiger charge is 2.22. The van der Waals surface area contributed by atoms with Crippen LogP contribution < -0.4 is 10.6 Å². The van der Waals surface area contributed by atoms with Crippen LogP contribution in [-0.2, 0) is 9.53 Å². The van der Waals surface area contributed by atoms with Crippen molar-refractivity contribution in [3.8, 4) is 0 Å². The van der Waals surface area contributed by atoms with Crippen molar-refractivity contribution in [2.24, 2.45) is 10.9 Å². The van der Waals surface area contributed by atoms with E-state index in [1.807, 2.05) is 6.92 Å². The van der Waals surface area contributed by atoms with Gasteiger partial charge in [-0.3, -0.25) is 9.79 Å². The fourth-order valence-corrected chi connectivity index (χ4v) is 2.50. The molecule has 0 radical (unpaired) electrons. The summed E-state index contributed by atoms with van der Waals surface area (Å²) in [6.07, 6.45) is 2.73. The maximum atomic E-state index is 11.4. The SMILES string of the molecule is CCNC(=NCCOCC)N1CCC(CC(=O)NC)CC1. The van der Waals surface area contributed by atoms with Crippen LogP contribution in [0.5, 0.6) is 0 Å². The molecule has 1 aliphatic heterocycles. The lowest BCUT2D eigenvalue weighted by Crippen LogP contribution is -2.46. The maximum absolute atomic E-state index is 11.4. The third kappa shape index (κ3) is 6.80. The fourth-order valence-electron chi connectivity index (χ4n) is 2.50. The Bertz CT molecular complexity index is 326. The molecule has 0 aliphatic carbocycles. The first kappa shape index (κ1) is 17.8. The summed E-state index contributed by atoms with van der Waals surface area (Å²) in [7, 11) is 1.70. The van der Waals surface area contributed by atoms with Gasteiger partial charge in [-0.1, -0.05) is 0 Å². The van der Waals surface area contributed by atoms with Gasteiger partial charge < -0.3 is 20.3 Å². The minimum atomic E-state index is 0.144. The molecule has 1 heterocycles. The van der Waals surface area contributed by atoms with E-state index in [0.717, 1.165) is 45.0 Å². The van der Waals surface area contributed by atoms with Crippen LogP contribution >= 0.6 is 0 Å². The molecule has 1 rings (SSSR count). The van der Waals surface area contributed by atoms with Crippen LogP contribution in [0.25, 0.3) is 0 Å². The van der Waals surface area contributed by atoms with E-state index >= 15 is 0 Å². The lowest BCUT2D eigenvalue weighted by atomic mass is 9.93. The maximum Gasteiger partial charge on any atom is 0.220 e. The van der Waals surface area contributed by atoms with Gasteiger partial charge >= 0.3 is 0 Å². The molecule has 21 heavy (non-hydrogen) atoms. The Morgan fingerprint density at radius 2 is 2.05 bits per heavy atom. The largest absolute Gasteiger partial charge is 0.380 e. The summed E-state index contributed by atoms with van der Waals surface area (Å²) in [5.41, 5.74) is 0. The van der Waals surface area contributed by atoms with Gasteiger partial charge in [0.2, 0.25) is 5.91 Å². The Hall–Kier alpha value is -1.30. The molecule has 0 bridgehead atoms. The molecular weight excluding hydrogens is 268 g/mol. The van der Waals surface area contributed by atoms with Gasteiger partial charge in [0.15, 0.2) is 5.96 Å². The molecule has 0 unspecified atom stereocenters. The number of piperidine rings is 1. The second-order valence-electron chi connectivity index (χ2n) is 5.24. The van der Waals surface area contributed by atoms with Gasteiger partial charge in [-0.25, -0.2) is 0 Å². The summed E-state index contributed by atoms with van der Waals surface area (Å²) in [5.74, 6) is 1.61. The second-order valence-corrected chi connectivity index (χ2v) is 5.24. The number of amides is 1. The highest BCUT2D eigenvalue weighted by Crippen LogP contribution is 2.20. The fraction of sp³-hybridized carbons (Fsp3) is 0.867. The summed E-state index contributed by atoms with van der Waals surface area (Å²) in [5, 5.41) is 6.04. The van der Waals surface area contributed by atoms with Crippen LogP contribution in [0.3, 0.4) is 0 Å². The van der Waals surface area contributed by atoms with Crippen molar-refractivity contribution in [3.05, 3.63) is 0 Å². The standard InChI is InChI=1S/C15H30N4O2/c1-4-17-15(18-8-11-21-5-2)19-9-6-13(7-10-19)12-14(20)16-3/h13H,4-12H2,1-3H3,(H,16,20)(H,17,18). The number of hydrogen-bond donors (Lipinski definition) is 2. The number of carbonyl (C=O) groups is 1. The van der Waals surface area contributed by atoms with Crippen molar-refractivity contribution in [2.75, 3.05) is 46.4 Å². The number of guanidine groups is 1. The normalized spacial score (nSPS) is 16.9. The van der Waals surface area contributed by atoms with Gasteiger partial charge in [-0.05, 0) is 32.6 Å². The molecule has 2 N–H and O–H groups in total. The summed E-state index contributed by atoms with van der Waals surface area (Å²) >= 11 is 0. The molecule has 0 atom stereocenters. The van der Waals surface area contributed by atoms with Gasteiger partial charge in [-0.15, -0.1) is 0 Å². The topological polar surface area (TPSA) is 66.0 Å². The van der Waals surface area contributed by atoms with Crippen molar-refractivity contribution >= 4 is 11.9 Å². The highest BCUT2D eigenvalue weighted by atomic mass is 16.5. The minimum Gasteiger partial charge on any atom is -0.380 e. The molecule has 0 aromatic carbocycles. The summed E-state index contributed by atoms with van der Waals surface area (Å²) in [6.45, 7) is 8.95. The molecule has 1 amide bonds. The number of nitrogens with zero attached hydrogens (tertiary/aromatic N) is 2. The lowest BCUT2D eigenvalue weighted by Gasteiger charge is -2.34. The number of aliphatic imine (C=N–C) groups is 1. The van der Waals surface area contributed by atoms with E-state index in [-0.39, 0.29) is 5.91 Å². The van der Waals surface area contributed by atoms with Gasteiger partial charge in [0.25, 0.3) is 0 Å². The Balaban J connectivity index is 2.41. The number of rotatable bonds is 7. The van der Waals surface area contributed by atoms with Crippen molar-refractivity contribution in [1.29, 1.82) is 0 Å². The zero-order valence-corrected chi connectivity index (χ0v) is 13.7. The average molecular weight is 298 g/mol. The lowest BCUT2D eigenvalue weighted by molar-refractivity contribution is -0.121. The Morgan fingerprint density at radius 3 is 2.62 bits per heavy atom. The second kappa shape index (κ2) is 10.4. The molecule has 0 aromatic heterocycles. The molecule has 6 nitrogen and oxygen atoms in total. The highest BCUT2D eigenvalue weighted by molar-refractivity contribution is 5.80. The van der Waals surface area contributed by atoms with Gasteiger partial charge in [0, 0.05) is 39.7 Å². The zero-order chi connectivity index (χ0) is 15.5. The average Bonchev–Trinajstić information content (AvgIpc) is 2.51. The van der Waals surface area contributed by atoms with E-state index in [1.165, 1.54) is 0 Å². The number of carbonyl (C=O) groups excluding carboxylic acids is 1. The molecule has 1 saturated heterocycles. The van der Waals surface area contributed by atoms with Gasteiger partial charge in [0.05, 0.1) is 13.2 Å². The molecule has 0 saturated carbocycles. The molecular formula is C15H30N4O2. The first-order chi connectivity index (χ1) is 10.2. The third-order valence-corrected chi connectivity index (χ3v) is 3.70. The first-order valence-corrected chi connectivity index (χ1v) is 8.02. The molecule has 1 fully saturated rings. The van der Waals surface area contributed by atoms with Crippen molar-refractivity contribution in [3.63, 3.8) is 0 Å². The first-order valence-electron chi connectivity index (χ1n) is 8.02. The van der Waals surface area contributed by atoms with Crippen LogP contribution in [0.15, 0.2) is 4.99 Å². The molecule has 1 aliphatic rings. The van der Waals surface area contributed by atoms with Crippen LogP contribution in [0.2, 0.25) is 0 Å². The quantitative estimate of drug-likeness (QED) is 0.415. The summed E-state index contributed by atoms with van der Waals surface area (Å²) in [6, 6.07) is 0. The predicted molar refractivity (Wildman–Crippen MR) is 85.5 cm³/mol. The molecule has 0 aromatic rings. The molecule has 0 spiro atoms. The van der Waals surface area contributed by atoms with Gasteiger partial charge in [0.1, 0.15) is 0 Å². The van der Waals surface area contributed by atoms with E-state index in [2.05, 4.69) is 27.4 Å². The Morgan fingerprint density at radius 1 is 1.33 bits per heavy atom. The smallest absolute Gasteiger partial charge is 0.220 e. The number of hydrogen-bond acceptors (Lipinski definition) is 3. The summed E-state index contributed by atoms with van der Waals surface area (Å²) in [4.78, 5) is 18.3. The van der Waals surface area contributed by atoms with Crippen LogP contribution in [0.4, 0.5) is 0 Å². The van der Waals surface area contributed by atoms with Crippen molar-refractivity contribution in [2.45, 2.75) is 33.1 Å². The predicted octanol–water partition coefficient (Wildman–Crippen LogP) is 0.837. The van der Waals surface area contributed by atoms with Crippen molar-refractivity contribution < 1.29 is 9.53 Å². The van der Waals surface area contributed by atoms with E-state index in [1.54, 1.807) is 7.05 Å². The minimum absolute atomic E-state index is 0.144. The molecule has 122 valence electrons. The van der Waals surface area contributed by atoms with E-state index < -0.39 is 0 Å². The van der Waals surface area contributed by atoms with Crippen LogP contribution in [0.1, 0.15) is 33.1 Å². The number of likely N-dealkylation sites (tertiary alicyclic amines) is 1. The van der Waals surface area contributed by atoms with E-state index in [0.29, 0.717) is 25.5 Å².